The Balaban J connectivity index is 1.59. The molecule has 0 saturated heterocycles. The van der Waals surface area contributed by atoms with E-state index in [0.717, 1.165) is 23.3 Å². The van der Waals surface area contributed by atoms with E-state index in [2.05, 4.69) is 20.6 Å². The van der Waals surface area contributed by atoms with E-state index in [1.54, 1.807) is 0 Å². The quantitative estimate of drug-likeness (QED) is 0.664. The molecule has 0 N–H and O–H groups in total. The molecule has 2 aromatic heterocycles. The van der Waals surface area contributed by atoms with Crippen molar-refractivity contribution in [1.82, 2.24) is 19.5 Å². The number of nitrogens with zero attached hydrogens (tertiary/aromatic N) is 5. The van der Waals surface area contributed by atoms with E-state index in [0.29, 0.717) is 17.2 Å². The Hall–Kier alpha value is -1.75. The summed E-state index contributed by atoms with van der Waals surface area (Å²) in [6, 6.07) is 0.478. The number of halogens is 1. The molecule has 1 unspecified atom stereocenters. The van der Waals surface area contributed by atoms with Gasteiger partial charge in [-0.05, 0) is 48.9 Å². The van der Waals surface area contributed by atoms with Gasteiger partial charge in [0.15, 0.2) is 5.65 Å². The minimum atomic E-state index is -0.443. The predicted octanol–water partition coefficient (Wildman–Crippen LogP) is 5.40. The van der Waals surface area contributed by atoms with E-state index in [-0.39, 0.29) is 0 Å². The highest BCUT2D eigenvalue weighted by atomic mass is 35.5. The van der Waals surface area contributed by atoms with Gasteiger partial charge in [-0.25, -0.2) is 9.97 Å². The average molecular weight is 384 g/mol. The summed E-state index contributed by atoms with van der Waals surface area (Å²) >= 11 is 6.40. The molecule has 0 bridgehead atoms. The number of allylic oxidation sites excluding steroid dienone is 1. The van der Waals surface area contributed by atoms with Crippen molar-refractivity contribution in [3.8, 4) is 0 Å². The number of rotatable bonds is 4. The van der Waals surface area contributed by atoms with Crippen LogP contribution in [0.3, 0.4) is 0 Å². The van der Waals surface area contributed by atoms with E-state index in [4.69, 9.17) is 21.6 Å². The molecule has 6 heteroatoms. The molecule has 2 saturated carbocycles. The van der Waals surface area contributed by atoms with Crippen LogP contribution in [0, 0.1) is 5.92 Å². The first-order valence-corrected chi connectivity index (χ1v) is 10.8. The summed E-state index contributed by atoms with van der Waals surface area (Å²) in [7, 11) is 0. The smallest absolute Gasteiger partial charge is 0.224 e. The second-order valence-electron chi connectivity index (χ2n) is 8.37. The Kier molecular flexibility index (Phi) is 4.50. The summed E-state index contributed by atoms with van der Waals surface area (Å²) in [6.45, 7) is 0. The molecular weight excluding hydrogens is 358 g/mol. The van der Waals surface area contributed by atoms with Crippen LogP contribution in [-0.4, -0.2) is 25.7 Å². The number of imidazole rings is 1. The van der Waals surface area contributed by atoms with Gasteiger partial charge in [0.05, 0.1) is 6.33 Å². The maximum absolute atomic E-state index is 6.40. The Morgan fingerprint density at radius 2 is 1.81 bits per heavy atom. The Bertz CT molecular complexity index is 875. The number of aromatic nitrogens is 4. The van der Waals surface area contributed by atoms with Crippen LogP contribution < -0.4 is 0 Å². The van der Waals surface area contributed by atoms with Crippen molar-refractivity contribution in [2.75, 3.05) is 0 Å². The Morgan fingerprint density at radius 3 is 2.56 bits per heavy atom. The molecule has 1 atom stereocenters. The predicted molar refractivity (Wildman–Crippen MR) is 108 cm³/mol. The van der Waals surface area contributed by atoms with Crippen molar-refractivity contribution < 1.29 is 0 Å². The highest BCUT2D eigenvalue weighted by Gasteiger charge is 2.38. The van der Waals surface area contributed by atoms with Crippen molar-refractivity contribution in [3.63, 3.8) is 0 Å². The van der Waals surface area contributed by atoms with Crippen LogP contribution in [0.15, 0.2) is 23.5 Å². The molecule has 2 aromatic rings. The first-order valence-electron chi connectivity index (χ1n) is 10.4. The number of hydrogen-bond acceptors (Lipinski definition) is 4. The number of hydrogen-bond donors (Lipinski definition) is 0. The van der Waals surface area contributed by atoms with Gasteiger partial charge < -0.3 is 4.57 Å². The van der Waals surface area contributed by atoms with Crippen molar-refractivity contribution in [2.24, 2.45) is 10.9 Å². The van der Waals surface area contributed by atoms with Crippen LogP contribution >= 0.6 is 11.6 Å². The zero-order chi connectivity index (χ0) is 18.3. The van der Waals surface area contributed by atoms with Crippen LogP contribution in [0.2, 0.25) is 5.28 Å². The Morgan fingerprint density at radius 1 is 1.04 bits per heavy atom. The highest BCUT2D eigenvalue weighted by molar-refractivity contribution is 6.28. The zero-order valence-corrected chi connectivity index (χ0v) is 16.4. The van der Waals surface area contributed by atoms with Crippen molar-refractivity contribution in [3.05, 3.63) is 29.5 Å². The summed E-state index contributed by atoms with van der Waals surface area (Å²) in [6.07, 6.45) is 20.5. The average Bonchev–Trinajstić information content (AvgIpc) is 3.42. The largest absolute Gasteiger partial charge is 0.312 e. The lowest BCUT2D eigenvalue weighted by molar-refractivity contribution is 0.290. The molecule has 2 fully saturated rings. The Labute approximate surface area is 165 Å². The van der Waals surface area contributed by atoms with Crippen molar-refractivity contribution in [2.45, 2.75) is 75.8 Å². The van der Waals surface area contributed by atoms with E-state index in [1.165, 1.54) is 57.8 Å². The minimum absolute atomic E-state index is 0.302. The molecule has 2 aliphatic carbocycles. The fourth-order valence-corrected chi connectivity index (χ4v) is 5.42. The van der Waals surface area contributed by atoms with Gasteiger partial charge >= 0.3 is 0 Å². The first-order chi connectivity index (χ1) is 13.3. The monoisotopic (exact) mass is 383 g/mol. The van der Waals surface area contributed by atoms with Gasteiger partial charge in [-0.15, -0.1) is 0 Å². The third kappa shape index (κ3) is 3.10. The molecule has 1 aliphatic heterocycles. The fourth-order valence-electron chi connectivity index (χ4n) is 5.25. The molecule has 27 heavy (non-hydrogen) atoms. The highest BCUT2D eigenvalue weighted by Crippen LogP contribution is 2.43. The molecule has 142 valence electrons. The third-order valence-corrected chi connectivity index (χ3v) is 6.78. The number of fused-ring (bicyclic) bond motifs is 1. The molecule has 0 aromatic carbocycles. The van der Waals surface area contributed by atoms with Gasteiger partial charge in [0, 0.05) is 12.3 Å². The lowest BCUT2D eigenvalue weighted by Gasteiger charge is -2.31. The molecule has 3 heterocycles. The molecule has 5 rings (SSSR count). The zero-order valence-electron chi connectivity index (χ0n) is 15.6. The van der Waals surface area contributed by atoms with Crippen LogP contribution in [-0.2, 0) is 5.54 Å². The van der Waals surface area contributed by atoms with Gasteiger partial charge in [0.25, 0.3) is 0 Å². The maximum Gasteiger partial charge on any atom is 0.224 e. The standard InChI is InChI=1S/C21H26ClN5/c22-20-25-18(17-19(26-20)27(14-23-17)16-9-4-5-10-16)21(11-6-12-24-21)13-15-7-2-1-3-8-15/h6,11-12,14-16H,1-5,7-10,13H2. The summed E-state index contributed by atoms with van der Waals surface area (Å²) in [4.78, 5) is 18.9. The lowest BCUT2D eigenvalue weighted by atomic mass is 9.78. The van der Waals surface area contributed by atoms with Crippen LogP contribution in [0.1, 0.15) is 75.9 Å². The normalized spacial score (nSPS) is 26.6. The summed E-state index contributed by atoms with van der Waals surface area (Å²) < 4.78 is 2.22. The number of aliphatic imine (C=N–C) groups is 1. The van der Waals surface area contributed by atoms with Crippen LogP contribution in [0.25, 0.3) is 11.2 Å². The second-order valence-corrected chi connectivity index (χ2v) is 8.71. The minimum Gasteiger partial charge on any atom is -0.312 e. The molecule has 5 nitrogen and oxygen atoms in total. The SMILES string of the molecule is Clc1nc(C2(CC3CCCCC3)C=CC=N2)c2ncn(C3CCCC3)c2n1. The van der Waals surface area contributed by atoms with Gasteiger partial charge in [-0.2, -0.15) is 4.98 Å². The lowest BCUT2D eigenvalue weighted by Crippen LogP contribution is -2.26. The van der Waals surface area contributed by atoms with Gasteiger partial charge in [-0.3, -0.25) is 4.99 Å². The van der Waals surface area contributed by atoms with E-state index >= 15 is 0 Å². The van der Waals surface area contributed by atoms with Gasteiger partial charge in [-0.1, -0.05) is 44.9 Å². The molecule has 0 amide bonds. The molecular formula is C21H26ClN5. The van der Waals surface area contributed by atoms with E-state index in [1.807, 2.05) is 18.6 Å². The molecule has 3 aliphatic rings. The summed E-state index contributed by atoms with van der Waals surface area (Å²) in [5.74, 6) is 0.680. The maximum atomic E-state index is 6.40. The summed E-state index contributed by atoms with van der Waals surface area (Å²) in [5.41, 5.74) is 2.17. The van der Waals surface area contributed by atoms with E-state index in [9.17, 15) is 0 Å². The van der Waals surface area contributed by atoms with Crippen molar-refractivity contribution >= 4 is 29.0 Å². The second kappa shape index (κ2) is 7.01. The molecule has 0 radical (unpaired) electrons. The summed E-state index contributed by atoms with van der Waals surface area (Å²) in [5, 5.41) is 0.302. The van der Waals surface area contributed by atoms with Gasteiger partial charge in [0.1, 0.15) is 16.7 Å². The molecule has 0 spiro atoms. The topological polar surface area (TPSA) is 56.0 Å². The van der Waals surface area contributed by atoms with Crippen LogP contribution in [0.5, 0.6) is 0 Å². The van der Waals surface area contributed by atoms with Gasteiger partial charge in [0.2, 0.25) is 5.28 Å². The van der Waals surface area contributed by atoms with Crippen LogP contribution in [0.4, 0.5) is 0 Å². The fraction of sp³-hybridized carbons (Fsp3) is 0.619. The third-order valence-electron chi connectivity index (χ3n) is 6.61. The van der Waals surface area contributed by atoms with Crippen molar-refractivity contribution in [1.29, 1.82) is 0 Å². The first kappa shape index (κ1) is 17.4. The van der Waals surface area contributed by atoms with E-state index < -0.39 is 5.54 Å².